The number of thiazole rings is 1. The van der Waals surface area contributed by atoms with Crippen molar-refractivity contribution in [1.82, 2.24) is 19.4 Å². The number of aromatic nitrogens is 3. The topological polar surface area (TPSA) is 51.0 Å². The zero-order valence-electron chi connectivity index (χ0n) is 12.7. The Morgan fingerprint density at radius 3 is 2.86 bits per heavy atom. The van der Waals surface area contributed by atoms with Crippen molar-refractivity contribution < 1.29 is 4.79 Å². The molecule has 1 amide bonds. The summed E-state index contributed by atoms with van der Waals surface area (Å²) in [6, 6.07) is 0. The first kappa shape index (κ1) is 14.3. The van der Waals surface area contributed by atoms with Crippen LogP contribution in [0.2, 0.25) is 0 Å². The molecule has 21 heavy (non-hydrogen) atoms. The van der Waals surface area contributed by atoms with Crippen LogP contribution in [0.5, 0.6) is 0 Å². The molecule has 2 aromatic heterocycles. The number of hydrogen-bond donors (Lipinski definition) is 0. The fraction of sp³-hybridized carbons (Fsp3) is 0.533. The van der Waals surface area contributed by atoms with Crippen molar-refractivity contribution >= 4 is 17.2 Å². The zero-order valence-corrected chi connectivity index (χ0v) is 13.5. The SMILES string of the molecule is Cc1cn(C)c(C2CCCN(C(=O)c3scnc3C)C2)n1. The Hall–Kier alpha value is -1.69. The number of amides is 1. The van der Waals surface area contributed by atoms with Crippen LogP contribution in [0.1, 0.15) is 45.6 Å². The maximum Gasteiger partial charge on any atom is 0.265 e. The molecule has 3 rings (SSSR count). The van der Waals surface area contributed by atoms with E-state index in [0.717, 1.165) is 48.0 Å². The van der Waals surface area contributed by atoms with Crippen molar-refractivity contribution in [2.45, 2.75) is 32.6 Å². The highest BCUT2D eigenvalue weighted by atomic mass is 32.1. The molecule has 1 saturated heterocycles. The fourth-order valence-electron chi connectivity index (χ4n) is 3.04. The molecule has 6 heteroatoms. The molecule has 0 spiro atoms. The summed E-state index contributed by atoms with van der Waals surface area (Å²) in [4.78, 5) is 24.1. The highest BCUT2D eigenvalue weighted by Crippen LogP contribution is 2.28. The first-order valence-electron chi connectivity index (χ1n) is 7.25. The summed E-state index contributed by atoms with van der Waals surface area (Å²) in [6.07, 6.45) is 4.17. The monoisotopic (exact) mass is 304 g/mol. The minimum absolute atomic E-state index is 0.116. The van der Waals surface area contributed by atoms with Crippen LogP contribution in [0.15, 0.2) is 11.7 Å². The van der Waals surface area contributed by atoms with Gasteiger partial charge in [-0.2, -0.15) is 0 Å². The van der Waals surface area contributed by atoms with Crippen LogP contribution in [0.25, 0.3) is 0 Å². The van der Waals surface area contributed by atoms with Crippen LogP contribution < -0.4 is 0 Å². The predicted octanol–water partition coefficient (Wildman–Crippen LogP) is 2.51. The molecule has 0 aliphatic carbocycles. The maximum atomic E-state index is 12.6. The van der Waals surface area contributed by atoms with E-state index in [2.05, 4.69) is 14.5 Å². The van der Waals surface area contributed by atoms with E-state index < -0.39 is 0 Å². The van der Waals surface area contributed by atoms with Gasteiger partial charge in [0.05, 0.1) is 16.9 Å². The number of piperidine rings is 1. The molecular formula is C15H20N4OS. The van der Waals surface area contributed by atoms with Crippen LogP contribution in [0.3, 0.4) is 0 Å². The summed E-state index contributed by atoms with van der Waals surface area (Å²) < 4.78 is 2.09. The van der Waals surface area contributed by atoms with Crippen LogP contribution in [-0.4, -0.2) is 38.4 Å². The van der Waals surface area contributed by atoms with Gasteiger partial charge in [0.1, 0.15) is 10.7 Å². The first-order chi connectivity index (χ1) is 10.1. The molecular weight excluding hydrogens is 284 g/mol. The third-order valence-electron chi connectivity index (χ3n) is 4.05. The maximum absolute atomic E-state index is 12.6. The van der Waals surface area contributed by atoms with E-state index in [-0.39, 0.29) is 5.91 Å². The number of likely N-dealkylation sites (tertiary alicyclic amines) is 1. The van der Waals surface area contributed by atoms with Crippen molar-refractivity contribution in [3.8, 4) is 0 Å². The molecule has 1 aliphatic heterocycles. The Labute approximate surface area is 128 Å². The number of aryl methyl sites for hydroxylation is 3. The Bertz CT molecular complexity index is 660. The number of carbonyl (C=O) groups excluding carboxylic acids is 1. The molecule has 1 atom stereocenters. The molecule has 0 radical (unpaired) electrons. The van der Waals surface area contributed by atoms with Gasteiger partial charge in [-0.25, -0.2) is 9.97 Å². The summed E-state index contributed by atoms with van der Waals surface area (Å²) in [5, 5.41) is 0. The second-order valence-electron chi connectivity index (χ2n) is 5.71. The second kappa shape index (κ2) is 5.60. The molecule has 1 fully saturated rings. The normalized spacial score (nSPS) is 19.0. The number of nitrogens with zero attached hydrogens (tertiary/aromatic N) is 4. The molecule has 112 valence electrons. The van der Waals surface area contributed by atoms with Crippen molar-refractivity contribution in [2.24, 2.45) is 7.05 Å². The van der Waals surface area contributed by atoms with Gasteiger partial charge in [-0.05, 0) is 26.7 Å². The molecule has 0 N–H and O–H groups in total. The average molecular weight is 304 g/mol. The van der Waals surface area contributed by atoms with Gasteiger partial charge in [0.25, 0.3) is 5.91 Å². The van der Waals surface area contributed by atoms with Crippen molar-refractivity contribution in [1.29, 1.82) is 0 Å². The Kier molecular flexibility index (Phi) is 3.80. The van der Waals surface area contributed by atoms with E-state index in [1.165, 1.54) is 11.3 Å². The van der Waals surface area contributed by atoms with Gasteiger partial charge in [0.2, 0.25) is 0 Å². The van der Waals surface area contributed by atoms with Crippen molar-refractivity contribution in [2.75, 3.05) is 13.1 Å². The minimum atomic E-state index is 0.116. The van der Waals surface area contributed by atoms with E-state index in [1.807, 2.05) is 32.0 Å². The lowest BCUT2D eigenvalue weighted by molar-refractivity contribution is 0.0707. The lowest BCUT2D eigenvalue weighted by atomic mass is 9.97. The smallest absolute Gasteiger partial charge is 0.265 e. The van der Waals surface area contributed by atoms with Gasteiger partial charge in [-0.3, -0.25) is 4.79 Å². The molecule has 1 aliphatic rings. The fourth-order valence-corrected chi connectivity index (χ4v) is 3.81. The Morgan fingerprint density at radius 1 is 1.43 bits per heavy atom. The highest BCUT2D eigenvalue weighted by molar-refractivity contribution is 7.11. The van der Waals surface area contributed by atoms with Crippen LogP contribution in [-0.2, 0) is 7.05 Å². The quantitative estimate of drug-likeness (QED) is 0.856. The van der Waals surface area contributed by atoms with E-state index in [4.69, 9.17) is 0 Å². The summed E-state index contributed by atoms with van der Waals surface area (Å²) in [6.45, 7) is 5.49. The molecule has 5 nitrogen and oxygen atoms in total. The van der Waals surface area contributed by atoms with Crippen LogP contribution in [0.4, 0.5) is 0 Å². The van der Waals surface area contributed by atoms with E-state index >= 15 is 0 Å². The molecule has 2 aromatic rings. The summed E-state index contributed by atoms with van der Waals surface area (Å²) in [7, 11) is 2.03. The van der Waals surface area contributed by atoms with Gasteiger partial charge in [-0.15, -0.1) is 11.3 Å². The van der Waals surface area contributed by atoms with Crippen LogP contribution >= 0.6 is 11.3 Å². The van der Waals surface area contributed by atoms with E-state index in [0.29, 0.717) is 5.92 Å². The second-order valence-corrected chi connectivity index (χ2v) is 6.56. The van der Waals surface area contributed by atoms with Crippen molar-refractivity contribution in [3.05, 3.63) is 33.8 Å². The van der Waals surface area contributed by atoms with E-state index in [9.17, 15) is 4.79 Å². The number of imidazole rings is 1. The Balaban J connectivity index is 1.79. The molecule has 3 heterocycles. The standard InChI is InChI=1S/C15H20N4OS/c1-10-7-18(3)14(17-10)12-5-4-6-19(8-12)15(20)13-11(2)16-9-21-13/h7,9,12H,4-6,8H2,1-3H3. The van der Waals surface area contributed by atoms with Crippen molar-refractivity contribution in [3.63, 3.8) is 0 Å². The van der Waals surface area contributed by atoms with Gasteiger partial charge < -0.3 is 9.47 Å². The zero-order chi connectivity index (χ0) is 15.0. The number of carbonyl (C=O) groups is 1. The third-order valence-corrected chi connectivity index (χ3v) is 4.96. The summed E-state index contributed by atoms with van der Waals surface area (Å²) in [5.74, 6) is 1.53. The third kappa shape index (κ3) is 2.72. The van der Waals surface area contributed by atoms with Gasteiger partial charge in [-0.1, -0.05) is 0 Å². The van der Waals surface area contributed by atoms with Gasteiger partial charge in [0.15, 0.2) is 0 Å². The van der Waals surface area contributed by atoms with Crippen LogP contribution in [0, 0.1) is 13.8 Å². The van der Waals surface area contributed by atoms with Gasteiger partial charge >= 0.3 is 0 Å². The Morgan fingerprint density at radius 2 is 2.24 bits per heavy atom. The van der Waals surface area contributed by atoms with Gasteiger partial charge in [0, 0.05) is 32.3 Å². The lowest BCUT2D eigenvalue weighted by Gasteiger charge is -2.32. The number of hydrogen-bond acceptors (Lipinski definition) is 4. The largest absolute Gasteiger partial charge is 0.337 e. The summed E-state index contributed by atoms with van der Waals surface area (Å²) >= 11 is 1.43. The number of rotatable bonds is 2. The average Bonchev–Trinajstić information content (AvgIpc) is 3.03. The highest BCUT2D eigenvalue weighted by Gasteiger charge is 2.29. The molecule has 0 saturated carbocycles. The molecule has 1 unspecified atom stereocenters. The lowest BCUT2D eigenvalue weighted by Crippen LogP contribution is -2.39. The molecule has 0 bridgehead atoms. The minimum Gasteiger partial charge on any atom is -0.337 e. The molecule has 0 aromatic carbocycles. The first-order valence-corrected chi connectivity index (χ1v) is 8.13. The van der Waals surface area contributed by atoms with E-state index in [1.54, 1.807) is 5.51 Å². The summed E-state index contributed by atoms with van der Waals surface area (Å²) in [5.41, 5.74) is 3.61. The predicted molar refractivity (Wildman–Crippen MR) is 82.7 cm³/mol.